The molecule has 0 aliphatic carbocycles. The van der Waals surface area contributed by atoms with Gasteiger partial charge in [0, 0.05) is 26.7 Å². The number of rotatable bonds is 4. The van der Waals surface area contributed by atoms with E-state index in [1.165, 1.54) is 11.0 Å². The lowest BCUT2D eigenvalue weighted by Gasteiger charge is -2.27. The molecular weight excluding hydrogens is 485 g/mol. The topological polar surface area (TPSA) is 134 Å². The van der Waals surface area contributed by atoms with Crippen LogP contribution in [0.25, 0.3) is 11.2 Å². The molecule has 0 bridgehead atoms. The van der Waals surface area contributed by atoms with Gasteiger partial charge in [0.15, 0.2) is 11.2 Å². The summed E-state index contributed by atoms with van der Waals surface area (Å²) in [5, 5.41) is 16.7. The fraction of sp³-hybridized carbons (Fsp3) is 0.591. The Bertz CT molecular complexity index is 1250. The van der Waals surface area contributed by atoms with E-state index in [1.807, 2.05) is 4.57 Å². The quantitative estimate of drug-likeness (QED) is 0.589. The molecule has 2 saturated heterocycles. The first-order chi connectivity index (χ1) is 17.0. The zero-order valence-corrected chi connectivity index (χ0v) is 19.9. The number of alkyl halides is 3. The molecule has 11 nitrogen and oxygen atoms in total. The van der Waals surface area contributed by atoms with Crippen molar-refractivity contribution in [2.45, 2.75) is 57.8 Å². The molecule has 196 valence electrons. The molecule has 4 rings (SSSR count). The molecule has 2 aliphatic heterocycles. The van der Waals surface area contributed by atoms with Gasteiger partial charge in [0.05, 0.1) is 6.54 Å². The zero-order valence-electron chi connectivity index (χ0n) is 19.9. The van der Waals surface area contributed by atoms with Gasteiger partial charge in [-0.25, -0.2) is 9.59 Å². The molecule has 2 aromatic heterocycles. The molecule has 2 aromatic rings. The van der Waals surface area contributed by atoms with E-state index in [0.29, 0.717) is 36.6 Å². The second-order valence-electron chi connectivity index (χ2n) is 8.41. The van der Waals surface area contributed by atoms with Crippen LogP contribution >= 0.6 is 0 Å². The number of imidazole rings is 1. The highest BCUT2D eigenvalue weighted by atomic mass is 19.4. The summed E-state index contributed by atoms with van der Waals surface area (Å²) >= 11 is 0. The second-order valence-corrected chi connectivity index (χ2v) is 8.41. The summed E-state index contributed by atoms with van der Waals surface area (Å²) in [6.45, 7) is 4.49. The maximum Gasteiger partial charge on any atom is 0.490 e. The van der Waals surface area contributed by atoms with Crippen LogP contribution in [0.4, 0.5) is 25.1 Å². The van der Waals surface area contributed by atoms with Crippen LogP contribution in [0.15, 0.2) is 4.79 Å². The Kier molecular flexibility index (Phi) is 8.11. The number of fused-ring (bicyclic) bond motifs is 1. The van der Waals surface area contributed by atoms with Gasteiger partial charge >= 0.3 is 18.1 Å². The van der Waals surface area contributed by atoms with Crippen molar-refractivity contribution in [1.29, 1.82) is 0 Å². The second kappa shape index (κ2) is 10.9. The third kappa shape index (κ3) is 5.55. The van der Waals surface area contributed by atoms with Crippen LogP contribution in [-0.4, -0.2) is 73.1 Å². The number of aliphatic carboxylic acids is 2. The van der Waals surface area contributed by atoms with Crippen LogP contribution in [0.1, 0.15) is 39.0 Å². The molecule has 0 unspecified atom stereocenters. The highest BCUT2D eigenvalue weighted by Gasteiger charge is 2.38. The monoisotopic (exact) mass is 512 g/mol. The maximum atomic E-state index is 13.3. The van der Waals surface area contributed by atoms with Crippen molar-refractivity contribution in [3.8, 4) is 11.8 Å². The largest absolute Gasteiger partial charge is 0.490 e. The number of piperidine rings is 1. The van der Waals surface area contributed by atoms with Gasteiger partial charge < -0.3 is 20.0 Å². The number of halogens is 3. The summed E-state index contributed by atoms with van der Waals surface area (Å²) in [7, 11) is 1.64. The standard InChI is InChI=1S/C20H26N6O3.C2HF3O2/c1-3-4-12-26-15-16(22-20(26)24-10-6-5-7-11-24)21-19(23(2)17(15)27)25-13-8-9-14(25)18(28)29;3-2(4,5)1(6)7/h14H,5-13H2,1-2H3,(H,28,29);(H,6,7)/t14-;/m0./s1. The number of nitrogens with zero attached hydrogens (tertiary/aromatic N) is 6. The van der Waals surface area contributed by atoms with Crippen molar-refractivity contribution in [2.75, 3.05) is 29.4 Å². The average molecular weight is 512 g/mol. The number of hydrogen-bond donors (Lipinski definition) is 2. The van der Waals surface area contributed by atoms with Crippen molar-refractivity contribution in [1.82, 2.24) is 19.1 Å². The third-order valence-corrected chi connectivity index (χ3v) is 6.03. The number of carbonyl (C=O) groups is 2. The summed E-state index contributed by atoms with van der Waals surface area (Å²) < 4.78 is 35.0. The van der Waals surface area contributed by atoms with Gasteiger partial charge in [0.25, 0.3) is 5.56 Å². The molecule has 36 heavy (non-hydrogen) atoms. The molecule has 4 heterocycles. The van der Waals surface area contributed by atoms with Crippen molar-refractivity contribution in [2.24, 2.45) is 7.05 Å². The smallest absolute Gasteiger partial charge is 0.480 e. The normalized spacial score (nSPS) is 17.9. The Morgan fingerprint density at radius 2 is 1.67 bits per heavy atom. The predicted octanol–water partition coefficient (Wildman–Crippen LogP) is 1.83. The highest BCUT2D eigenvalue weighted by molar-refractivity contribution is 5.80. The summed E-state index contributed by atoms with van der Waals surface area (Å²) in [4.78, 5) is 47.1. The van der Waals surface area contributed by atoms with E-state index in [9.17, 15) is 27.9 Å². The SMILES string of the molecule is CC#CCn1c(N2CCCCC2)nc2nc(N3CCC[C@H]3C(=O)O)n(C)c(=O)c21.O=C(O)C(F)(F)F. The minimum Gasteiger partial charge on any atom is -0.480 e. The van der Waals surface area contributed by atoms with Gasteiger partial charge in [-0.2, -0.15) is 23.1 Å². The highest BCUT2D eigenvalue weighted by Crippen LogP contribution is 2.27. The number of aromatic nitrogens is 4. The maximum absolute atomic E-state index is 13.3. The Labute approximate surface area is 204 Å². The first-order valence-corrected chi connectivity index (χ1v) is 11.4. The van der Waals surface area contributed by atoms with Crippen LogP contribution in [0.5, 0.6) is 0 Å². The van der Waals surface area contributed by atoms with E-state index in [-0.39, 0.29) is 5.56 Å². The Morgan fingerprint density at radius 3 is 2.22 bits per heavy atom. The summed E-state index contributed by atoms with van der Waals surface area (Å²) in [6, 6.07) is -0.667. The number of carboxylic acids is 2. The predicted molar refractivity (Wildman–Crippen MR) is 124 cm³/mol. The lowest BCUT2D eigenvalue weighted by Crippen LogP contribution is -2.40. The molecule has 2 N–H and O–H groups in total. The lowest BCUT2D eigenvalue weighted by atomic mass is 10.1. The molecule has 0 aromatic carbocycles. The van der Waals surface area contributed by atoms with E-state index in [2.05, 4.69) is 21.7 Å². The summed E-state index contributed by atoms with van der Waals surface area (Å²) in [5.74, 6) is 3.37. The molecule has 0 saturated carbocycles. The third-order valence-electron chi connectivity index (χ3n) is 6.03. The van der Waals surface area contributed by atoms with Gasteiger partial charge in [0.2, 0.25) is 11.9 Å². The zero-order chi connectivity index (χ0) is 26.6. The van der Waals surface area contributed by atoms with Gasteiger partial charge in [-0.3, -0.25) is 13.9 Å². The number of anilines is 2. The lowest BCUT2D eigenvalue weighted by molar-refractivity contribution is -0.192. The van der Waals surface area contributed by atoms with E-state index < -0.39 is 24.2 Å². The van der Waals surface area contributed by atoms with Crippen LogP contribution < -0.4 is 15.4 Å². The van der Waals surface area contributed by atoms with E-state index in [1.54, 1.807) is 18.9 Å². The first-order valence-electron chi connectivity index (χ1n) is 11.4. The van der Waals surface area contributed by atoms with Gasteiger partial charge in [-0.1, -0.05) is 5.92 Å². The van der Waals surface area contributed by atoms with Gasteiger partial charge in [0.1, 0.15) is 6.04 Å². The minimum atomic E-state index is -5.08. The fourth-order valence-electron chi connectivity index (χ4n) is 4.30. The van der Waals surface area contributed by atoms with Crippen molar-refractivity contribution >= 4 is 35.0 Å². The summed E-state index contributed by atoms with van der Waals surface area (Å²) in [6.07, 6.45) is -0.407. The van der Waals surface area contributed by atoms with E-state index in [4.69, 9.17) is 14.9 Å². The molecule has 1 atom stereocenters. The summed E-state index contributed by atoms with van der Waals surface area (Å²) in [5.41, 5.74) is 0.554. The Hall–Kier alpha value is -3.76. The van der Waals surface area contributed by atoms with Crippen molar-refractivity contribution in [3.63, 3.8) is 0 Å². The number of hydrogen-bond acceptors (Lipinski definition) is 7. The van der Waals surface area contributed by atoms with Crippen LogP contribution in [-0.2, 0) is 23.2 Å². The van der Waals surface area contributed by atoms with Crippen LogP contribution in [0.3, 0.4) is 0 Å². The van der Waals surface area contributed by atoms with E-state index in [0.717, 1.165) is 38.3 Å². The molecule has 0 amide bonds. The number of carboxylic acid groups (broad SMARTS) is 2. The molecule has 0 radical (unpaired) electrons. The first kappa shape index (κ1) is 26.8. The molecule has 14 heteroatoms. The van der Waals surface area contributed by atoms with Crippen LogP contribution in [0, 0.1) is 11.8 Å². The molecule has 0 spiro atoms. The molecular formula is C22H27F3N6O5. The Morgan fingerprint density at radius 1 is 1.06 bits per heavy atom. The minimum absolute atomic E-state index is 0.227. The molecule has 2 aliphatic rings. The van der Waals surface area contributed by atoms with Crippen molar-refractivity contribution < 1.29 is 33.0 Å². The Balaban J connectivity index is 0.000000454. The van der Waals surface area contributed by atoms with Crippen molar-refractivity contribution in [3.05, 3.63) is 10.4 Å². The van der Waals surface area contributed by atoms with Crippen LogP contribution in [0.2, 0.25) is 0 Å². The average Bonchev–Trinajstić information content (AvgIpc) is 3.45. The van der Waals surface area contributed by atoms with Gasteiger partial charge in [-0.05, 0) is 39.0 Å². The van der Waals surface area contributed by atoms with Gasteiger partial charge in [-0.15, -0.1) is 5.92 Å². The molecule has 2 fully saturated rings. The fourth-order valence-corrected chi connectivity index (χ4v) is 4.30. The van der Waals surface area contributed by atoms with E-state index >= 15 is 0 Å².